The minimum absolute atomic E-state index is 0. The molecule has 0 aliphatic carbocycles. The molecule has 28 heavy (non-hydrogen) atoms. The lowest BCUT2D eigenvalue weighted by Crippen LogP contribution is -2.46. The summed E-state index contributed by atoms with van der Waals surface area (Å²) in [6, 6.07) is 4.41. The van der Waals surface area contributed by atoms with E-state index in [1.165, 1.54) is 19.4 Å². The van der Waals surface area contributed by atoms with Crippen molar-refractivity contribution < 1.29 is 9.21 Å². The molecule has 1 aliphatic rings. The molecule has 0 bridgehead atoms. The number of carbonyl (C=O) groups is 1. The van der Waals surface area contributed by atoms with Crippen molar-refractivity contribution in [3.8, 4) is 0 Å². The molecule has 160 valence electrons. The van der Waals surface area contributed by atoms with Gasteiger partial charge in [-0.3, -0.25) is 14.7 Å². The normalized spacial score (nSPS) is 17.9. The Morgan fingerprint density at radius 3 is 2.82 bits per heavy atom. The van der Waals surface area contributed by atoms with Crippen molar-refractivity contribution in [2.24, 2.45) is 10.4 Å². The molecule has 7 nitrogen and oxygen atoms in total. The van der Waals surface area contributed by atoms with Crippen molar-refractivity contribution in [1.82, 2.24) is 20.9 Å². The number of nitrogens with one attached hydrogen (secondary N) is 3. The van der Waals surface area contributed by atoms with E-state index in [1.807, 2.05) is 26.0 Å². The monoisotopic (exact) mass is 505 g/mol. The van der Waals surface area contributed by atoms with Crippen LogP contribution in [0.2, 0.25) is 0 Å². The molecule has 8 heteroatoms. The summed E-state index contributed by atoms with van der Waals surface area (Å²) in [7, 11) is 1.66. The number of hydrogen-bond acceptors (Lipinski definition) is 4. The predicted octanol–water partition coefficient (Wildman–Crippen LogP) is 2.23. The number of likely N-dealkylation sites (N-methyl/N-ethyl adjacent to an activating group) is 1. The molecule has 0 spiro atoms. The highest BCUT2D eigenvalue weighted by Crippen LogP contribution is 2.16. The van der Waals surface area contributed by atoms with Crippen LogP contribution in [0.1, 0.15) is 39.4 Å². The third-order valence-electron chi connectivity index (χ3n) is 5.13. The van der Waals surface area contributed by atoms with Crippen molar-refractivity contribution >= 4 is 35.8 Å². The van der Waals surface area contributed by atoms with Crippen LogP contribution in [0, 0.1) is 5.41 Å². The van der Waals surface area contributed by atoms with Gasteiger partial charge < -0.3 is 20.4 Å². The Balaban J connectivity index is 0.00000392. The summed E-state index contributed by atoms with van der Waals surface area (Å²) in [5.41, 5.74) is -0.548. The Bertz CT molecular complexity index is 604. The topological polar surface area (TPSA) is 81.9 Å². The van der Waals surface area contributed by atoms with Crippen LogP contribution in [0.25, 0.3) is 0 Å². The quantitative estimate of drug-likeness (QED) is 0.273. The number of nitrogens with zero attached hydrogens (tertiary/aromatic N) is 2. The maximum atomic E-state index is 12.0. The Morgan fingerprint density at radius 1 is 1.39 bits per heavy atom. The van der Waals surface area contributed by atoms with Crippen molar-refractivity contribution in [1.29, 1.82) is 0 Å². The summed E-state index contributed by atoms with van der Waals surface area (Å²) >= 11 is 0. The van der Waals surface area contributed by atoms with E-state index >= 15 is 0 Å². The highest BCUT2D eigenvalue weighted by Gasteiger charge is 2.27. The van der Waals surface area contributed by atoms with E-state index in [4.69, 9.17) is 4.42 Å². The zero-order valence-corrected chi connectivity index (χ0v) is 19.9. The molecule has 1 amide bonds. The van der Waals surface area contributed by atoms with Gasteiger partial charge in [-0.1, -0.05) is 6.92 Å². The van der Waals surface area contributed by atoms with E-state index in [0.29, 0.717) is 12.6 Å². The molecule has 1 unspecified atom stereocenters. The van der Waals surface area contributed by atoms with E-state index in [2.05, 4.69) is 32.8 Å². The van der Waals surface area contributed by atoms with E-state index < -0.39 is 5.41 Å². The number of furan rings is 1. The largest absolute Gasteiger partial charge is 0.469 e. The summed E-state index contributed by atoms with van der Waals surface area (Å²) in [4.78, 5) is 19.2. The molecular weight excluding hydrogens is 469 g/mol. The molecule has 0 radical (unpaired) electrons. The minimum atomic E-state index is -0.548. The van der Waals surface area contributed by atoms with Crippen LogP contribution in [-0.4, -0.2) is 62.6 Å². The van der Waals surface area contributed by atoms with Gasteiger partial charge in [0.2, 0.25) is 5.91 Å². The summed E-state index contributed by atoms with van der Waals surface area (Å²) in [5, 5.41) is 9.56. The Kier molecular flexibility index (Phi) is 10.9. The molecule has 3 N–H and O–H groups in total. The standard InChI is InChI=1S/C20H35N5O2.HI/c1-5-25-12-6-8-16(25)14-23-19(22-11-10-17-9-7-13-27-17)24-15-20(2,3)18(26)21-4;/h7,9,13,16H,5-6,8,10-12,14-15H2,1-4H3,(H,21,26)(H2,22,23,24);1H. The molecule has 1 aromatic rings. The average Bonchev–Trinajstić information content (AvgIpc) is 3.34. The second-order valence-corrected chi connectivity index (χ2v) is 7.69. The van der Waals surface area contributed by atoms with Crippen LogP contribution in [0.5, 0.6) is 0 Å². The number of hydrogen-bond donors (Lipinski definition) is 3. The molecule has 1 aliphatic heterocycles. The fourth-order valence-electron chi connectivity index (χ4n) is 3.38. The number of halogens is 1. The smallest absolute Gasteiger partial charge is 0.227 e. The summed E-state index contributed by atoms with van der Waals surface area (Å²) < 4.78 is 5.39. The molecule has 1 atom stereocenters. The predicted molar refractivity (Wildman–Crippen MR) is 124 cm³/mol. The van der Waals surface area contributed by atoms with Crippen LogP contribution in [0.3, 0.4) is 0 Å². The second-order valence-electron chi connectivity index (χ2n) is 7.69. The highest BCUT2D eigenvalue weighted by atomic mass is 127. The maximum absolute atomic E-state index is 12.0. The molecule has 0 aromatic carbocycles. The van der Waals surface area contributed by atoms with Crippen molar-refractivity contribution in [2.45, 2.75) is 46.1 Å². The molecule has 2 heterocycles. The van der Waals surface area contributed by atoms with E-state index in [-0.39, 0.29) is 29.9 Å². The summed E-state index contributed by atoms with van der Waals surface area (Å²) in [6.07, 6.45) is 4.94. The summed E-state index contributed by atoms with van der Waals surface area (Å²) in [6.45, 7) is 10.3. The van der Waals surface area contributed by atoms with E-state index in [0.717, 1.165) is 37.8 Å². The van der Waals surface area contributed by atoms with Crippen LogP contribution in [-0.2, 0) is 11.2 Å². The third-order valence-corrected chi connectivity index (χ3v) is 5.13. The SMILES string of the molecule is CCN1CCCC1CNC(=NCC(C)(C)C(=O)NC)NCCc1ccco1.I. The number of carbonyl (C=O) groups excluding carboxylic acids is 1. The van der Waals surface area contributed by atoms with Gasteiger partial charge in [0.05, 0.1) is 18.2 Å². The number of rotatable bonds is 9. The second kappa shape index (κ2) is 12.3. The van der Waals surface area contributed by atoms with Gasteiger partial charge in [0.1, 0.15) is 5.76 Å². The number of aliphatic imine (C=N–C) groups is 1. The fourth-order valence-corrected chi connectivity index (χ4v) is 3.38. The first-order chi connectivity index (χ1) is 13.0. The van der Waals surface area contributed by atoms with Gasteiger partial charge in [-0.25, -0.2) is 0 Å². The molecular formula is C20H36IN5O2. The first-order valence-corrected chi connectivity index (χ1v) is 9.97. The lowest BCUT2D eigenvalue weighted by Gasteiger charge is -2.25. The zero-order valence-electron chi connectivity index (χ0n) is 17.6. The van der Waals surface area contributed by atoms with Crippen molar-refractivity contribution in [2.75, 3.05) is 39.8 Å². The first-order valence-electron chi connectivity index (χ1n) is 9.97. The zero-order chi connectivity index (χ0) is 19.7. The molecule has 1 aromatic heterocycles. The van der Waals surface area contributed by atoms with Crippen LogP contribution in [0.15, 0.2) is 27.8 Å². The molecule has 1 saturated heterocycles. The van der Waals surface area contributed by atoms with Gasteiger partial charge in [-0.15, -0.1) is 24.0 Å². The lowest BCUT2D eigenvalue weighted by molar-refractivity contribution is -0.128. The summed E-state index contributed by atoms with van der Waals surface area (Å²) in [5.74, 6) is 1.69. The molecule has 1 fully saturated rings. The fraction of sp³-hybridized carbons (Fsp3) is 0.700. The van der Waals surface area contributed by atoms with Crippen molar-refractivity contribution in [3.05, 3.63) is 24.2 Å². The van der Waals surface area contributed by atoms with Crippen LogP contribution < -0.4 is 16.0 Å². The molecule has 2 rings (SSSR count). The van der Waals surface area contributed by atoms with Crippen LogP contribution >= 0.6 is 24.0 Å². The van der Waals surface area contributed by atoms with Crippen molar-refractivity contribution in [3.63, 3.8) is 0 Å². The van der Waals surface area contributed by atoms with Gasteiger partial charge in [-0.2, -0.15) is 0 Å². The van der Waals surface area contributed by atoms with E-state index in [1.54, 1.807) is 13.3 Å². The maximum Gasteiger partial charge on any atom is 0.227 e. The Hall–Kier alpha value is -1.29. The Morgan fingerprint density at radius 2 is 2.18 bits per heavy atom. The van der Waals surface area contributed by atoms with E-state index in [9.17, 15) is 4.79 Å². The van der Waals surface area contributed by atoms with Gasteiger partial charge >= 0.3 is 0 Å². The van der Waals surface area contributed by atoms with Crippen LogP contribution in [0.4, 0.5) is 0 Å². The average molecular weight is 505 g/mol. The number of guanidine groups is 1. The molecule has 0 saturated carbocycles. The van der Waals surface area contributed by atoms with Gasteiger partial charge in [-0.05, 0) is 51.9 Å². The minimum Gasteiger partial charge on any atom is -0.469 e. The highest BCUT2D eigenvalue weighted by molar-refractivity contribution is 14.0. The van der Waals surface area contributed by atoms with Gasteiger partial charge in [0, 0.05) is 32.6 Å². The first kappa shape index (κ1) is 24.7. The lowest BCUT2D eigenvalue weighted by atomic mass is 9.93. The number of amides is 1. The number of likely N-dealkylation sites (tertiary alicyclic amines) is 1. The Labute approximate surface area is 186 Å². The van der Waals surface area contributed by atoms with Gasteiger partial charge in [0.15, 0.2) is 5.96 Å². The third kappa shape index (κ3) is 7.62. The van der Waals surface area contributed by atoms with Gasteiger partial charge in [0.25, 0.3) is 0 Å².